The highest BCUT2D eigenvalue weighted by Gasteiger charge is 2.47. The van der Waals surface area contributed by atoms with Crippen LogP contribution in [0, 0.1) is 0 Å². The van der Waals surface area contributed by atoms with Crippen LogP contribution in [0.15, 0.2) is 24.3 Å². The van der Waals surface area contributed by atoms with Gasteiger partial charge in [-0.05, 0) is 43.4 Å². The minimum absolute atomic E-state index is 0.0466. The maximum atomic E-state index is 13.0. The quantitative estimate of drug-likeness (QED) is 0.844. The first kappa shape index (κ1) is 18.3. The minimum atomic E-state index is -0.709. The van der Waals surface area contributed by atoms with Gasteiger partial charge in [-0.15, -0.1) is 0 Å². The maximum absolute atomic E-state index is 13.0. The number of amides is 2. The van der Waals surface area contributed by atoms with E-state index in [0.29, 0.717) is 13.2 Å². The van der Waals surface area contributed by atoms with Crippen molar-refractivity contribution in [2.45, 2.75) is 49.9 Å². The third-order valence-corrected chi connectivity index (χ3v) is 5.48. The molecule has 0 radical (unpaired) electrons. The summed E-state index contributed by atoms with van der Waals surface area (Å²) < 4.78 is 16.4. The van der Waals surface area contributed by atoms with Crippen molar-refractivity contribution in [3.8, 4) is 5.75 Å². The van der Waals surface area contributed by atoms with Crippen LogP contribution in [0.25, 0.3) is 0 Å². The Morgan fingerprint density at radius 1 is 1.15 bits per heavy atom. The smallest absolute Gasteiger partial charge is 0.251 e. The van der Waals surface area contributed by atoms with Gasteiger partial charge < -0.3 is 24.4 Å². The summed E-state index contributed by atoms with van der Waals surface area (Å²) >= 11 is 0. The average molecular weight is 374 g/mol. The summed E-state index contributed by atoms with van der Waals surface area (Å²) in [5.41, 5.74) is 0.892. The molecular weight excluding hydrogens is 348 g/mol. The van der Waals surface area contributed by atoms with Crippen molar-refractivity contribution in [1.29, 1.82) is 0 Å². The lowest BCUT2D eigenvalue weighted by Gasteiger charge is -2.41. The molecule has 0 spiro atoms. The van der Waals surface area contributed by atoms with E-state index in [1.807, 2.05) is 29.2 Å². The molecule has 0 aromatic heterocycles. The van der Waals surface area contributed by atoms with Gasteiger partial charge >= 0.3 is 0 Å². The largest absolute Gasteiger partial charge is 0.497 e. The normalized spacial score (nSPS) is 26.7. The molecule has 0 bridgehead atoms. The Bertz CT molecular complexity index is 682. The summed E-state index contributed by atoms with van der Waals surface area (Å²) in [7, 11) is 1.61. The number of carbonyl (C=O) groups excluding carboxylic acids is 2. The van der Waals surface area contributed by atoms with Crippen molar-refractivity contribution in [2.75, 3.05) is 26.9 Å². The summed E-state index contributed by atoms with van der Waals surface area (Å²) in [6.07, 6.45) is 2.85. The van der Waals surface area contributed by atoms with Crippen LogP contribution in [0.2, 0.25) is 0 Å². The molecule has 0 unspecified atom stereocenters. The molecule has 3 fully saturated rings. The lowest BCUT2D eigenvalue weighted by atomic mass is 9.96. The van der Waals surface area contributed by atoms with E-state index in [1.165, 1.54) is 0 Å². The second kappa shape index (κ2) is 7.86. The zero-order chi connectivity index (χ0) is 18.8. The summed E-state index contributed by atoms with van der Waals surface area (Å²) in [6.45, 7) is 1.27. The van der Waals surface area contributed by atoms with E-state index >= 15 is 0 Å². The first-order valence-corrected chi connectivity index (χ1v) is 9.62. The lowest BCUT2D eigenvalue weighted by Crippen LogP contribution is -2.56. The molecule has 2 amide bonds. The van der Waals surface area contributed by atoms with E-state index in [-0.39, 0.29) is 30.5 Å². The van der Waals surface area contributed by atoms with E-state index in [4.69, 9.17) is 14.2 Å². The van der Waals surface area contributed by atoms with Gasteiger partial charge in [0.05, 0.1) is 13.2 Å². The number of rotatable bonds is 5. The number of hydrogen-bond donors (Lipinski definition) is 1. The molecule has 7 heteroatoms. The van der Waals surface area contributed by atoms with Crippen LogP contribution in [0.3, 0.4) is 0 Å². The van der Waals surface area contributed by atoms with Gasteiger partial charge in [-0.25, -0.2) is 0 Å². The van der Waals surface area contributed by atoms with Gasteiger partial charge in [0, 0.05) is 25.3 Å². The number of ether oxygens (including phenoxy) is 3. The minimum Gasteiger partial charge on any atom is -0.497 e. The summed E-state index contributed by atoms with van der Waals surface area (Å²) in [6, 6.07) is 7.42. The molecule has 1 aromatic rings. The van der Waals surface area contributed by atoms with Gasteiger partial charge in [0.2, 0.25) is 5.91 Å². The molecule has 27 heavy (non-hydrogen) atoms. The monoisotopic (exact) mass is 374 g/mol. The Morgan fingerprint density at radius 3 is 2.48 bits per heavy atom. The summed E-state index contributed by atoms with van der Waals surface area (Å²) in [5, 5.41) is 3.10. The standard InChI is InChI=1S/C20H26N2O5/c1-25-16-6-2-13(3-7-16)18-19(20(24)21-14-8-10-26-11-9-14)27-12-17(23)22(18)15-4-5-15/h2-3,6-7,14-15,18-19H,4-5,8-12H2,1H3,(H,21,24)/t18-,19+/m1/s1. The van der Waals surface area contributed by atoms with Crippen molar-refractivity contribution in [3.63, 3.8) is 0 Å². The number of carbonyl (C=O) groups is 2. The zero-order valence-corrected chi connectivity index (χ0v) is 15.6. The van der Waals surface area contributed by atoms with Gasteiger partial charge in [0.1, 0.15) is 12.4 Å². The van der Waals surface area contributed by atoms with Gasteiger partial charge in [-0.3, -0.25) is 9.59 Å². The Labute approximate surface area is 158 Å². The molecule has 4 rings (SSSR count). The molecule has 1 saturated carbocycles. The van der Waals surface area contributed by atoms with Gasteiger partial charge in [0.25, 0.3) is 5.91 Å². The van der Waals surface area contributed by atoms with Crippen molar-refractivity contribution in [2.24, 2.45) is 0 Å². The van der Waals surface area contributed by atoms with Gasteiger partial charge in [-0.2, -0.15) is 0 Å². The number of nitrogens with one attached hydrogen (secondary N) is 1. The fourth-order valence-corrected chi connectivity index (χ4v) is 3.89. The van der Waals surface area contributed by atoms with Gasteiger partial charge in [0.15, 0.2) is 6.10 Å². The fraction of sp³-hybridized carbons (Fsp3) is 0.600. The SMILES string of the molecule is COc1ccc([C@@H]2[C@@H](C(=O)NC3CCOCC3)OCC(=O)N2C2CC2)cc1. The molecule has 2 saturated heterocycles. The highest BCUT2D eigenvalue weighted by Crippen LogP contribution is 2.40. The summed E-state index contributed by atoms with van der Waals surface area (Å²) in [4.78, 5) is 27.5. The number of hydrogen-bond acceptors (Lipinski definition) is 5. The molecular formula is C20H26N2O5. The van der Waals surface area contributed by atoms with E-state index in [9.17, 15) is 9.59 Å². The number of morpholine rings is 1. The lowest BCUT2D eigenvalue weighted by molar-refractivity contribution is -0.165. The molecule has 7 nitrogen and oxygen atoms in total. The molecule has 1 aliphatic carbocycles. The van der Waals surface area contributed by atoms with Crippen LogP contribution in [-0.4, -0.2) is 61.8 Å². The van der Waals surface area contributed by atoms with Crippen LogP contribution in [0.1, 0.15) is 37.3 Å². The molecule has 1 N–H and O–H groups in total. The number of methoxy groups -OCH3 is 1. The van der Waals surface area contributed by atoms with E-state index in [2.05, 4.69) is 5.32 Å². The number of nitrogens with zero attached hydrogens (tertiary/aromatic N) is 1. The predicted octanol–water partition coefficient (Wildman–Crippen LogP) is 1.42. The molecule has 3 aliphatic rings. The van der Waals surface area contributed by atoms with E-state index in [1.54, 1.807) is 7.11 Å². The first-order chi connectivity index (χ1) is 13.2. The van der Waals surface area contributed by atoms with Gasteiger partial charge in [-0.1, -0.05) is 12.1 Å². The Balaban J connectivity index is 1.58. The topological polar surface area (TPSA) is 77.1 Å². The maximum Gasteiger partial charge on any atom is 0.251 e. The summed E-state index contributed by atoms with van der Waals surface area (Å²) in [5.74, 6) is 0.539. The molecule has 2 heterocycles. The van der Waals surface area contributed by atoms with E-state index < -0.39 is 12.1 Å². The Hall–Kier alpha value is -2.12. The van der Waals surface area contributed by atoms with Crippen LogP contribution in [0.4, 0.5) is 0 Å². The Morgan fingerprint density at radius 2 is 1.85 bits per heavy atom. The first-order valence-electron chi connectivity index (χ1n) is 9.62. The average Bonchev–Trinajstić information content (AvgIpc) is 3.53. The van der Waals surface area contributed by atoms with Crippen molar-refractivity contribution in [1.82, 2.24) is 10.2 Å². The van der Waals surface area contributed by atoms with Crippen LogP contribution >= 0.6 is 0 Å². The van der Waals surface area contributed by atoms with Crippen molar-refractivity contribution < 1.29 is 23.8 Å². The van der Waals surface area contributed by atoms with Crippen LogP contribution < -0.4 is 10.1 Å². The highest BCUT2D eigenvalue weighted by molar-refractivity contribution is 5.87. The third kappa shape index (κ3) is 3.94. The van der Waals surface area contributed by atoms with Crippen LogP contribution in [0.5, 0.6) is 5.75 Å². The second-order valence-corrected chi connectivity index (χ2v) is 7.38. The molecule has 146 valence electrons. The van der Waals surface area contributed by atoms with Crippen LogP contribution in [-0.2, 0) is 19.1 Å². The molecule has 2 aliphatic heterocycles. The highest BCUT2D eigenvalue weighted by atomic mass is 16.5. The third-order valence-electron chi connectivity index (χ3n) is 5.48. The number of benzene rings is 1. The molecule has 2 atom stereocenters. The molecule has 1 aromatic carbocycles. The second-order valence-electron chi connectivity index (χ2n) is 7.38. The van der Waals surface area contributed by atoms with E-state index in [0.717, 1.165) is 37.0 Å². The van der Waals surface area contributed by atoms with Crippen molar-refractivity contribution >= 4 is 11.8 Å². The predicted molar refractivity (Wildman–Crippen MR) is 97.3 cm³/mol. The van der Waals surface area contributed by atoms with Crippen molar-refractivity contribution in [3.05, 3.63) is 29.8 Å². The Kier molecular flexibility index (Phi) is 5.31. The fourth-order valence-electron chi connectivity index (χ4n) is 3.89. The zero-order valence-electron chi connectivity index (χ0n) is 15.6.